The molecule has 0 saturated carbocycles. The molecule has 1 aliphatic heterocycles. The Morgan fingerprint density at radius 3 is 2.57 bits per heavy atom. The van der Waals surface area contributed by atoms with Crippen LogP contribution in [0.3, 0.4) is 0 Å². The van der Waals surface area contributed by atoms with E-state index in [2.05, 4.69) is 0 Å². The molecule has 0 bridgehead atoms. The molecule has 1 fully saturated rings. The fourth-order valence-corrected chi connectivity index (χ4v) is 1.72. The summed E-state index contributed by atoms with van der Waals surface area (Å²) in [6.07, 6.45) is 0.710. The number of carbonyl (C=O) groups excluding carboxylic acids is 1. The lowest BCUT2D eigenvalue weighted by Crippen LogP contribution is -2.19. The second-order valence-corrected chi connectivity index (χ2v) is 3.54. The highest BCUT2D eigenvalue weighted by Gasteiger charge is 2.21. The first-order valence-electron chi connectivity index (χ1n) is 4.74. The third-order valence-electron chi connectivity index (χ3n) is 2.53. The van der Waals surface area contributed by atoms with Crippen LogP contribution in [0.1, 0.15) is 16.8 Å². The van der Waals surface area contributed by atoms with E-state index >= 15 is 0 Å². The fourth-order valence-electron chi connectivity index (χ4n) is 1.72. The predicted octanol–water partition coefficient (Wildman–Crippen LogP) is 2.05. The molecule has 14 heavy (non-hydrogen) atoms. The van der Waals surface area contributed by atoms with Gasteiger partial charge in [-0.2, -0.15) is 0 Å². The molecule has 1 saturated heterocycles. The van der Waals surface area contributed by atoms with Crippen molar-refractivity contribution in [1.29, 1.82) is 0 Å². The van der Waals surface area contributed by atoms with E-state index in [0.717, 1.165) is 18.5 Å². The normalized spacial score (nSPS) is 21.2. The van der Waals surface area contributed by atoms with Gasteiger partial charge in [0.1, 0.15) is 12.5 Å². The van der Waals surface area contributed by atoms with Crippen LogP contribution in [0.15, 0.2) is 24.3 Å². The Morgan fingerprint density at radius 2 is 2.07 bits per heavy atom. The Balaban J connectivity index is 2.13. The summed E-state index contributed by atoms with van der Waals surface area (Å²) in [7, 11) is 0. The van der Waals surface area contributed by atoms with E-state index in [-0.39, 0.29) is 0 Å². The summed E-state index contributed by atoms with van der Waals surface area (Å²) in [5.41, 5.74) is 1.65. The second-order valence-electron chi connectivity index (χ2n) is 3.54. The van der Waals surface area contributed by atoms with Gasteiger partial charge in [-0.05, 0) is 30.7 Å². The maximum absolute atomic E-state index is 12.9. The topological polar surface area (TPSA) is 20.3 Å². The quantitative estimate of drug-likeness (QED) is 0.670. The Bertz CT molecular complexity index is 323. The smallest absolute Gasteiger partial charge is 0.150 e. The first-order valence-corrected chi connectivity index (χ1v) is 4.74. The number of anilines is 1. The van der Waals surface area contributed by atoms with Crippen LogP contribution in [-0.4, -0.2) is 25.5 Å². The molecular formula is C11H12FNO. The van der Waals surface area contributed by atoms with Crippen LogP contribution < -0.4 is 4.90 Å². The van der Waals surface area contributed by atoms with Crippen molar-refractivity contribution in [2.24, 2.45) is 0 Å². The first-order chi connectivity index (χ1) is 6.79. The van der Waals surface area contributed by atoms with Crippen molar-refractivity contribution in [2.75, 3.05) is 18.0 Å². The van der Waals surface area contributed by atoms with Crippen LogP contribution in [-0.2, 0) is 0 Å². The van der Waals surface area contributed by atoms with Crippen molar-refractivity contribution in [3.8, 4) is 0 Å². The molecule has 2 nitrogen and oxygen atoms in total. The fraction of sp³-hybridized carbons (Fsp3) is 0.364. The number of halogens is 1. The zero-order valence-corrected chi connectivity index (χ0v) is 7.82. The van der Waals surface area contributed by atoms with Crippen LogP contribution in [0, 0.1) is 0 Å². The molecule has 1 aromatic rings. The minimum Gasteiger partial charge on any atom is -0.369 e. The summed E-state index contributed by atoms with van der Waals surface area (Å²) < 4.78 is 12.9. The summed E-state index contributed by atoms with van der Waals surface area (Å²) in [6, 6.07) is 7.24. The molecule has 1 heterocycles. The van der Waals surface area contributed by atoms with Gasteiger partial charge < -0.3 is 4.90 Å². The van der Waals surface area contributed by atoms with E-state index in [1.807, 2.05) is 17.0 Å². The number of aldehydes is 1. The van der Waals surface area contributed by atoms with Crippen molar-refractivity contribution in [3.63, 3.8) is 0 Å². The van der Waals surface area contributed by atoms with Crippen molar-refractivity contribution < 1.29 is 9.18 Å². The van der Waals surface area contributed by atoms with Gasteiger partial charge in [-0.15, -0.1) is 0 Å². The molecule has 74 valence electrons. The summed E-state index contributed by atoms with van der Waals surface area (Å²) in [5.74, 6) is 0. The average molecular weight is 193 g/mol. The monoisotopic (exact) mass is 193 g/mol. The largest absolute Gasteiger partial charge is 0.369 e. The Hall–Kier alpha value is -1.38. The van der Waals surface area contributed by atoms with E-state index in [4.69, 9.17) is 0 Å². The SMILES string of the molecule is O=Cc1ccc(N2CCC(F)C2)cc1. The predicted molar refractivity (Wildman–Crippen MR) is 53.6 cm³/mol. The van der Waals surface area contributed by atoms with E-state index in [1.54, 1.807) is 12.1 Å². The van der Waals surface area contributed by atoms with Gasteiger partial charge >= 0.3 is 0 Å². The zero-order valence-electron chi connectivity index (χ0n) is 7.82. The van der Waals surface area contributed by atoms with Crippen LogP contribution in [0.2, 0.25) is 0 Å². The summed E-state index contributed by atoms with van der Waals surface area (Å²) >= 11 is 0. The lowest BCUT2D eigenvalue weighted by Gasteiger charge is -2.17. The summed E-state index contributed by atoms with van der Waals surface area (Å²) in [6.45, 7) is 1.24. The number of benzene rings is 1. The van der Waals surface area contributed by atoms with Gasteiger partial charge in [0.2, 0.25) is 0 Å². The van der Waals surface area contributed by atoms with Crippen molar-refractivity contribution in [1.82, 2.24) is 0 Å². The number of nitrogens with zero attached hydrogens (tertiary/aromatic N) is 1. The number of carbonyl (C=O) groups is 1. The lowest BCUT2D eigenvalue weighted by atomic mass is 10.2. The van der Waals surface area contributed by atoms with Crippen LogP contribution >= 0.6 is 0 Å². The highest BCUT2D eigenvalue weighted by molar-refractivity contribution is 5.75. The number of alkyl halides is 1. The van der Waals surface area contributed by atoms with Gasteiger partial charge in [-0.3, -0.25) is 4.79 Å². The zero-order chi connectivity index (χ0) is 9.97. The maximum Gasteiger partial charge on any atom is 0.150 e. The van der Waals surface area contributed by atoms with Gasteiger partial charge in [0, 0.05) is 24.3 Å². The number of hydrogen-bond donors (Lipinski definition) is 0. The molecule has 0 aliphatic carbocycles. The molecule has 0 N–H and O–H groups in total. The minimum atomic E-state index is -0.708. The molecular weight excluding hydrogens is 181 g/mol. The Kier molecular flexibility index (Phi) is 2.48. The van der Waals surface area contributed by atoms with Gasteiger partial charge in [0.25, 0.3) is 0 Å². The minimum absolute atomic E-state index is 0.473. The molecule has 2 rings (SSSR count). The van der Waals surface area contributed by atoms with Gasteiger partial charge in [-0.1, -0.05) is 0 Å². The molecule has 0 radical (unpaired) electrons. The first kappa shape index (κ1) is 9.19. The third kappa shape index (κ3) is 1.76. The highest BCUT2D eigenvalue weighted by Crippen LogP contribution is 2.21. The van der Waals surface area contributed by atoms with Gasteiger partial charge in [0.15, 0.2) is 0 Å². The number of hydrogen-bond acceptors (Lipinski definition) is 2. The van der Waals surface area contributed by atoms with E-state index < -0.39 is 6.17 Å². The van der Waals surface area contributed by atoms with E-state index in [0.29, 0.717) is 18.5 Å². The molecule has 0 amide bonds. The van der Waals surface area contributed by atoms with Crippen LogP contribution in [0.4, 0.5) is 10.1 Å². The van der Waals surface area contributed by atoms with Crippen molar-refractivity contribution >= 4 is 12.0 Å². The van der Waals surface area contributed by atoms with E-state index in [9.17, 15) is 9.18 Å². The van der Waals surface area contributed by atoms with Crippen molar-refractivity contribution in [3.05, 3.63) is 29.8 Å². The van der Waals surface area contributed by atoms with Gasteiger partial charge in [-0.25, -0.2) is 4.39 Å². The summed E-state index contributed by atoms with van der Waals surface area (Å²) in [5, 5.41) is 0. The molecule has 3 heteroatoms. The van der Waals surface area contributed by atoms with E-state index in [1.165, 1.54) is 0 Å². The average Bonchev–Trinajstić information content (AvgIpc) is 2.65. The molecule has 0 spiro atoms. The lowest BCUT2D eigenvalue weighted by molar-refractivity contribution is 0.112. The highest BCUT2D eigenvalue weighted by atomic mass is 19.1. The maximum atomic E-state index is 12.9. The molecule has 1 atom stereocenters. The second kappa shape index (κ2) is 3.78. The molecule has 0 aromatic heterocycles. The standard InChI is InChI=1S/C11H12FNO/c12-10-5-6-13(7-10)11-3-1-9(8-14)2-4-11/h1-4,8,10H,5-7H2. The Labute approximate surface area is 82.3 Å². The molecule has 1 unspecified atom stereocenters. The van der Waals surface area contributed by atoms with Crippen LogP contribution in [0.25, 0.3) is 0 Å². The Morgan fingerprint density at radius 1 is 1.36 bits per heavy atom. The van der Waals surface area contributed by atoms with Gasteiger partial charge in [0.05, 0.1) is 0 Å². The van der Waals surface area contributed by atoms with Crippen molar-refractivity contribution in [2.45, 2.75) is 12.6 Å². The third-order valence-corrected chi connectivity index (χ3v) is 2.53. The van der Waals surface area contributed by atoms with Crippen LogP contribution in [0.5, 0.6) is 0 Å². The summed E-state index contributed by atoms with van der Waals surface area (Å²) in [4.78, 5) is 12.4. The molecule has 1 aromatic carbocycles. The molecule has 1 aliphatic rings. The number of rotatable bonds is 2.